The Balaban J connectivity index is 2.02. The van der Waals surface area contributed by atoms with Crippen molar-refractivity contribution >= 4 is 17.2 Å². The first-order valence-electron chi connectivity index (χ1n) is 6.33. The maximum Gasteiger partial charge on any atom is 0.127 e. The van der Waals surface area contributed by atoms with E-state index in [-0.39, 0.29) is 5.82 Å². The number of halogens is 1. The maximum absolute atomic E-state index is 13.7. The highest BCUT2D eigenvalue weighted by molar-refractivity contribution is 7.80. The van der Waals surface area contributed by atoms with Gasteiger partial charge in [-0.15, -0.1) is 0 Å². The van der Waals surface area contributed by atoms with E-state index >= 15 is 0 Å². The molecule has 1 aromatic rings. The predicted octanol–water partition coefficient (Wildman–Crippen LogP) is 2.69. The molecule has 0 saturated heterocycles. The number of benzene rings is 1. The van der Waals surface area contributed by atoms with Crippen LogP contribution in [0.3, 0.4) is 0 Å². The van der Waals surface area contributed by atoms with E-state index in [2.05, 4.69) is 4.90 Å². The fraction of sp³-hybridized carbons (Fsp3) is 0.500. The number of thiocarbonyl (C=S) groups is 1. The fourth-order valence-electron chi connectivity index (χ4n) is 2.32. The number of nitrogens with two attached hydrogens (primary N) is 1. The number of nitrogens with zero attached hydrogens (tertiary/aromatic N) is 1. The Morgan fingerprint density at radius 2 is 2.22 bits per heavy atom. The third-order valence-electron chi connectivity index (χ3n) is 3.57. The van der Waals surface area contributed by atoms with E-state index in [1.807, 2.05) is 7.05 Å². The molecule has 2 N–H and O–H groups in total. The lowest BCUT2D eigenvalue weighted by atomic mass is 9.85. The Labute approximate surface area is 113 Å². The Morgan fingerprint density at radius 3 is 2.78 bits per heavy atom. The molecule has 0 unspecified atom stereocenters. The molecule has 0 spiro atoms. The molecule has 2 nitrogen and oxygen atoms in total. The second-order valence-electron chi connectivity index (χ2n) is 5.16. The third kappa shape index (κ3) is 3.27. The van der Waals surface area contributed by atoms with Crippen molar-refractivity contribution in [1.29, 1.82) is 0 Å². The van der Waals surface area contributed by atoms with Crippen molar-refractivity contribution in [2.45, 2.75) is 25.8 Å². The summed E-state index contributed by atoms with van der Waals surface area (Å²) in [5.41, 5.74) is 6.97. The highest BCUT2D eigenvalue weighted by Gasteiger charge is 2.19. The molecule has 0 atom stereocenters. The zero-order chi connectivity index (χ0) is 13.1. The zero-order valence-electron chi connectivity index (χ0n) is 10.7. The van der Waals surface area contributed by atoms with E-state index in [4.69, 9.17) is 18.0 Å². The van der Waals surface area contributed by atoms with Crippen LogP contribution in [0.5, 0.6) is 0 Å². The van der Waals surface area contributed by atoms with E-state index < -0.39 is 0 Å². The third-order valence-corrected chi connectivity index (χ3v) is 3.80. The second-order valence-corrected chi connectivity index (χ2v) is 5.60. The van der Waals surface area contributed by atoms with Crippen molar-refractivity contribution in [2.24, 2.45) is 11.7 Å². The van der Waals surface area contributed by atoms with Crippen LogP contribution in [0.2, 0.25) is 0 Å². The van der Waals surface area contributed by atoms with Crippen LogP contribution < -0.4 is 5.73 Å². The Bertz CT molecular complexity index is 443. The molecule has 0 amide bonds. The van der Waals surface area contributed by atoms with Gasteiger partial charge in [0.1, 0.15) is 10.8 Å². The summed E-state index contributed by atoms with van der Waals surface area (Å²) in [4.78, 5) is 2.49. The molecule has 1 saturated carbocycles. The molecule has 2 rings (SSSR count). The summed E-state index contributed by atoms with van der Waals surface area (Å²) >= 11 is 4.92. The molecule has 98 valence electrons. The van der Waals surface area contributed by atoms with Crippen LogP contribution in [0.1, 0.15) is 30.4 Å². The van der Waals surface area contributed by atoms with E-state index in [0.29, 0.717) is 17.1 Å². The summed E-state index contributed by atoms with van der Waals surface area (Å²) in [6, 6.07) is 4.84. The zero-order valence-corrected chi connectivity index (χ0v) is 11.5. The van der Waals surface area contributed by atoms with Gasteiger partial charge in [-0.1, -0.05) is 18.6 Å². The first-order chi connectivity index (χ1) is 8.56. The first-order valence-corrected chi connectivity index (χ1v) is 6.74. The van der Waals surface area contributed by atoms with Crippen molar-refractivity contribution in [2.75, 3.05) is 13.6 Å². The van der Waals surface area contributed by atoms with E-state index in [1.54, 1.807) is 12.1 Å². The molecular formula is C14H19FN2S. The molecule has 1 aliphatic carbocycles. The molecule has 1 fully saturated rings. The normalized spacial score (nSPS) is 15.7. The highest BCUT2D eigenvalue weighted by atomic mass is 32.1. The molecule has 1 aliphatic rings. The molecular weight excluding hydrogens is 247 g/mol. The van der Waals surface area contributed by atoms with Gasteiger partial charge < -0.3 is 10.6 Å². The minimum Gasteiger partial charge on any atom is -0.389 e. The minimum atomic E-state index is -0.185. The Morgan fingerprint density at radius 1 is 1.50 bits per heavy atom. The van der Waals surface area contributed by atoms with Crippen LogP contribution in [0, 0.1) is 11.7 Å². The Hall–Kier alpha value is -1.00. The average molecular weight is 266 g/mol. The lowest BCUT2D eigenvalue weighted by Gasteiger charge is -2.30. The second kappa shape index (κ2) is 5.76. The molecule has 4 heteroatoms. The van der Waals surface area contributed by atoms with Gasteiger partial charge in [0.25, 0.3) is 0 Å². The van der Waals surface area contributed by atoms with Crippen molar-refractivity contribution in [3.63, 3.8) is 0 Å². The SMILES string of the molecule is CN(Cc1cc(C(N)=S)ccc1F)CC1CCC1. The molecule has 0 heterocycles. The summed E-state index contributed by atoms with van der Waals surface area (Å²) in [7, 11) is 2.03. The average Bonchev–Trinajstić information content (AvgIpc) is 2.26. The minimum absolute atomic E-state index is 0.185. The van der Waals surface area contributed by atoms with Crippen molar-refractivity contribution < 1.29 is 4.39 Å². The molecule has 0 radical (unpaired) electrons. The summed E-state index contributed by atoms with van der Waals surface area (Å²) in [5, 5.41) is 0. The topological polar surface area (TPSA) is 29.3 Å². The summed E-state index contributed by atoms with van der Waals surface area (Å²) < 4.78 is 13.7. The van der Waals surface area contributed by atoms with Gasteiger partial charge in [0.15, 0.2) is 0 Å². The molecule has 1 aromatic carbocycles. The van der Waals surface area contributed by atoms with E-state index in [0.717, 1.165) is 18.0 Å². The summed E-state index contributed by atoms with van der Waals surface area (Å²) in [5.74, 6) is 0.604. The van der Waals surface area contributed by atoms with Crippen molar-refractivity contribution in [3.05, 3.63) is 35.1 Å². The fourth-order valence-corrected chi connectivity index (χ4v) is 2.45. The van der Waals surface area contributed by atoms with Crippen LogP contribution in [0.15, 0.2) is 18.2 Å². The number of hydrogen-bond donors (Lipinski definition) is 1. The molecule has 0 bridgehead atoms. The van der Waals surface area contributed by atoms with Crippen LogP contribution in [0.4, 0.5) is 4.39 Å². The molecule has 0 aliphatic heterocycles. The van der Waals surface area contributed by atoms with Gasteiger partial charge in [-0.2, -0.15) is 0 Å². The largest absolute Gasteiger partial charge is 0.389 e. The summed E-state index contributed by atoms with van der Waals surface area (Å²) in [6.45, 7) is 1.65. The van der Waals surface area contributed by atoms with Gasteiger partial charge in [0.2, 0.25) is 0 Å². The first kappa shape index (κ1) is 13.4. The highest BCUT2D eigenvalue weighted by Crippen LogP contribution is 2.27. The van der Waals surface area contributed by atoms with Crippen LogP contribution in [-0.2, 0) is 6.54 Å². The lowest BCUT2D eigenvalue weighted by Crippen LogP contribution is -2.29. The summed E-state index contributed by atoms with van der Waals surface area (Å²) in [6.07, 6.45) is 3.95. The van der Waals surface area contributed by atoms with Gasteiger partial charge >= 0.3 is 0 Å². The number of rotatable bonds is 5. The lowest BCUT2D eigenvalue weighted by molar-refractivity contribution is 0.199. The van der Waals surface area contributed by atoms with Gasteiger partial charge in [-0.05, 0) is 44.0 Å². The Kier molecular flexibility index (Phi) is 4.30. The quantitative estimate of drug-likeness (QED) is 0.831. The predicted molar refractivity (Wildman–Crippen MR) is 76.0 cm³/mol. The van der Waals surface area contributed by atoms with Crippen LogP contribution in [-0.4, -0.2) is 23.5 Å². The monoisotopic (exact) mass is 266 g/mol. The maximum atomic E-state index is 13.7. The van der Waals surface area contributed by atoms with Crippen molar-refractivity contribution in [3.8, 4) is 0 Å². The van der Waals surface area contributed by atoms with E-state index in [1.165, 1.54) is 25.3 Å². The van der Waals surface area contributed by atoms with Gasteiger partial charge in [0.05, 0.1) is 0 Å². The van der Waals surface area contributed by atoms with Crippen LogP contribution >= 0.6 is 12.2 Å². The molecule has 0 aromatic heterocycles. The van der Waals surface area contributed by atoms with E-state index in [9.17, 15) is 4.39 Å². The van der Waals surface area contributed by atoms with Gasteiger partial charge in [-0.25, -0.2) is 4.39 Å². The smallest absolute Gasteiger partial charge is 0.127 e. The molecule has 18 heavy (non-hydrogen) atoms. The standard InChI is InChI=1S/C14H19FN2S/c1-17(8-10-3-2-4-10)9-12-7-11(14(16)18)5-6-13(12)15/h5-7,10H,2-4,8-9H2,1H3,(H2,16,18). The van der Waals surface area contributed by atoms with Gasteiger partial charge in [-0.3, -0.25) is 0 Å². The van der Waals surface area contributed by atoms with Crippen molar-refractivity contribution in [1.82, 2.24) is 4.90 Å². The van der Waals surface area contributed by atoms with Crippen LogP contribution in [0.25, 0.3) is 0 Å². The van der Waals surface area contributed by atoms with Gasteiger partial charge in [0, 0.05) is 24.2 Å². The number of hydrogen-bond acceptors (Lipinski definition) is 2.